The monoisotopic (exact) mass is 283 g/mol. The summed E-state index contributed by atoms with van der Waals surface area (Å²) < 4.78 is 10.7. The zero-order valence-electron chi connectivity index (χ0n) is 12.0. The van der Waals surface area contributed by atoms with E-state index < -0.39 is 0 Å². The van der Waals surface area contributed by atoms with Crippen molar-refractivity contribution in [3.63, 3.8) is 0 Å². The summed E-state index contributed by atoms with van der Waals surface area (Å²) >= 11 is 0. The molecule has 3 rings (SSSR count). The van der Waals surface area contributed by atoms with Crippen LogP contribution in [0.25, 0.3) is 11.6 Å². The topological polar surface area (TPSA) is 78.1 Å². The van der Waals surface area contributed by atoms with Gasteiger partial charge in [-0.25, -0.2) is 0 Å². The quantitative estimate of drug-likeness (QED) is 0.740. The summed E-state index contributed by atoms with van der Waals surface area (Å²) in [6, 6.07) is 9.72. The van der Waals surface area contributed by atoms with Gasteiger partial charge in [-0.15, -0.1) is 0 Å². The van der Waals surface area contributed by atoms with Gasteiger partial charge in [-0.05, 0) is 42.2 Å². The van der Waals surface area contributed by atoms with Crippen LogP contribution in [0.1, 0.15) is 29.9 Å². The molecule has 0 spiro atoms. The third-order valence-corrected chi connectivity index (χ3v) is 3.52. The number of nitrogen functional groups attached to an aromatic ring is 1. The molecule has 0 amide bonds. The summed E-state index contributed by atoms with van der Waals surface area (Å²) in [5.41, 5.74) is 8.65. The summed E-state index contributed by atoms with van der Waals surface area (Å²) in [7, 11) is 0. The van der Waals surface area contributed by atoms with E-state index in [1.54, 1.807) is 6.26 Å². The molecule has 0 fully saturated rings. The molecule has 1 unspecified atom stereocenters. The standard InChI is InChI=1S/C16H17N3O2/c1-10-7-8-20-15(10)16-18-14(21-19-16)9-11(2)12-3-5-13(17)6-4-12/h3-8,11H,9,17H2,1-2H3. The van der Waals surface area contributed by atoms with Crippen molar-refractivity contribution in [3.05, 3.63) is 53.6 Å². The van der Waals surface area contributed by atoms with Crippen molar-refractivity contribution in [2.24, 2.45) is 0 Å². The van der Waals surface area contributed by atoms with E-state index in [-0.39, 0.29) is 5.92 Å². The summed E-state index contributed by atoms with van der Waals surface area (Å²) in [5, 5.41) is 3.98. The fraction of sp³-hybridized carbons (Fsp3) is 0.250. The van der Waals surface area contributed by atoms with Crippen molar-refractivity contribution >= 4 is 5.69 Å². The summed E-state index contributed by atoms with van der Waals surface area (Å²) in [4.78, 5) is 4.40. The van der Waals surface area contributed by atoms with Gasteiger partial charge in [0, 0.05) is 12.1 Å². The maximum atomic E-state index is 5.70. The Morgan fingerprint density at radius 3 is 2.62 bits per heavy atom. The number of furan rings is 1. The van der Waals surface area contributed by atoms with Crippen LogP contribution < -0.4 is 5.73 Å². The van der Waals surface area contributed by atoms with Crippen molar-refractivity contribution in [3.8, 4) is 11.6 Å². The largest absolute Gasteiger partial charge is 0.461 e. The van der Waals surface area contributed by atoms with Gasteiger partial charge in [-0.3, -0.25) is 0 Å². The average Bonchev–Trinajstić information content (AvgIpc) is 3.08. The minimum absolute atomic E-state index is 0.275. The van der Waals surface area contributed by atoms with Gasteiger partial charge in [0.25, 0.3) is 0 Å². The molecule has 1 aromatic carbocycles. The third-order valence-electron chi connectivity index (χ3n) is 3.52. The lowest BCUT2D eigenvalue weighted by Crippen LogP contribution is -1.99. The number of anilines is 1. The maximum Gasteiger partial charge on any atom is 0.238 e. The normalized spacial score (nSPS) is 12.5. The van der Waals surface area contributed by atoms with E-state index in [1.165, 1.54) is 5.56 Å². The molecule has 2 aromatic heterocycles. The zero-order chi connectivity index (χ0) is 14.8. The molecule has 0 aliphatic carbocycles. The van der Waals surface area contributed by atoms with Gasteiger partial charge in [0.15, 0.2) is 5.76 Å². The Morgan fingerprint density at radius 2 is 1.95 bits per heavy atom. The highest BCUT2D eigenvalue weighted by molar-refractivity contribution is 5.51. The van der Waals surface area contributed by atoms with Gasteiger partial charge in [0.2, 0.25) is 11.7 Å². The number of nitrogens with zero attached hydrogens (tertiary/aromatic N) is 2. The Morgan fingerprint density at radius 1 is 1.19 bits per heavy atom. The van der Waals surface area contributed by atoms with Crippen molar-refractivity contribution in [1.82, 2.24) is 10.1 Å². The zero-order valence-corrected chi connectivity index (χ0v) is 12.0. The van der Waals surface area contributed by atoms with E-state index in [0.29, 0.717) is 23.9 Å². The summed E-state index contributed by atoms with van der Waals surface area (Å²) in [5.74, 6) is 2.03. The first-order valence-corrected chi connectivity index (χ1v) is 6.86. The van der Waals surface area contributed by atoms with Gasteiger partial charge in [0.1, 0.15) is 0 Å². The molecule has 5 heteroatoms. The van der Waals surface area contributed by atoms with Crippen LogP contribution in [0.3, 0.4) is 0 Å². The van der Waals surface area contributed by atoms with E-state index in [4.69, 9.17) is 14.7 Å². The molecule has 0 saturated carbocycles. The van der Waals surface area contributed by atoms with E-state index in [1.807, 2.05) is 37.3 Å². The minimum Gasteiger partial charge on any atom is -0.461 e. The predicted molar refractivity (Wildman–Crippen MR) is 79.7 cm³/mol. The summed E-state index contributed by atoms with van der Waals surface area (Å²) in [6.07, 6.45) is 2.30. The highest BCUT2D eigenvalue weighted by Gasteiger charge is 2.16. The number of benzene rings is 1. The first-order valence-electron chi connectivity index (χ1n) is 6.86. The fourth-order valence-electron chi connectivity index (χ4n) is 2.24. The van der Waals surface area contributed by atoms with E-state index in [9.17, 15) is 0 Å². The summed E-state index contributed by atoms with van der Waals surface area (Å²) in [6.45, 7) is 4.07. The molecule has 2 N–H and O–H groups in total. The first-order chi connectivity index (χ1) is 10.1. The number of rotatable bonds is 4. The molecular weight excluding hydrogens is 266 g/mol. The smallest absolute Gasteiger partial charge is 0.238 e. The molecular formula is C16H17N3O2. The lowest BCUT2D eigenvalue weighted by molar-refractivity contribution is 0.371. The van der Waals surface area contributed by atoms with E-state index >= 15 is 0 Å². The number of hydrogen-bond acceptors (Lipinski definition) is 5. The molecule has 0 saturated heterocycles. The minimum atomic E-state index is 0.275. The van der Waals surface area contributed by atoms with Gasteiger partial charge >= 0.3 is 0 Å². The molecule has 0 aliphatic heterocycles. The van der Waals surface area contributed by atoms with Crippen molar-refractivity contribution in [2.75, 3.05) is 5.73 Å². The molecule has 21 heavy (non-hydrogen) atoms. The Balaban J connectivity index is 1.75. The Hall–Kier alpha value is -2.56. The average molecular weight is 283 g/mol. The van der Waals surface area contributed by atoms with Crippen LogP contribution in [0, 0.1) is 6.92 Å². The predicted octanol–water partition coefficient (Wildman–Crippen LogP) is 3.57. The molecule has 3 aromatic rings. The second-order valence-corrected chi connectivity index (χ2v) is 5.22. The second-order valence-electron chi connectivity index (χ2n) is 5.22. The van der Waals surface area contributed by atoms with Crippen molar-refractivity contribution in [2.45, 2.75) is 26.2 Å². The molecule has 0 aliphatic rings. The molecule has 108 valence electrons. The number of nitrogens with two attached hydrogens (primary N) is 1. The van der Waals surface area contributed by atoms with Crippen LogP contribution in [-0.4, -0.2) is 10.1 Å². The number of hydrogen-bond donors (Lipinski definition) is 1. The van der Waals surface area contributed by atoms with Gasteiger partial charge in [-0.2, -0.15) is 4.98 Å². The van der Waals surface area contributed by atoms with Crippen LogP contribution in [0.15, 0.2) is 45.5 Å². The van der Waals surface area contributed by atoms with Crippen LogP contribution in [0.4, 0.5) is 5.69 Å². The van der Waals surface area contributed by atoms with Crippen LogP contribution >= 0.6 is 0 Å². The lowest BCUT2D eigenvalue weighted by Gasteiger charge is -2.08. The first kappa shape index (κ1) is 13.4. The Labute approximate surface area is 122 Å². The van der Waals surface area contributed by atoms with Gasteiger partial charge in [0.05, 0.1) is 6.26 Å². The third kappa shape index (κ3) is 2.81. The number of aryl methyl sites for hydroxylation is 1. The van der Waals surface area contributed by atoms with E-state index in [0.717, 1.165) is 11.3 Å². The molecule has 1 atom stereocenters. The van der Waals surface area contributed by atoms with Crippen LogP contribution in [0.5, 0.6) is 0 Å². The fourth-order valence-corrected chi connectivity index (χ4v) is 2.24. The van der Waals surface area contributed by atoms with Gasteiger partial charge < -0.3 is 14.7 Å². The Bertz CT molecular complexity index is 728. The highest BCUT2D eigenvalue weighted by atomic mass is 16.5. The highest BCUT2D eigenvalue weighted by Crippen LogP contribution is 2.24. The molecule has 5 nitrogen and oxygen atoms in total. The molecule has 2 heterocycles. The van der Waals surface area contributed by atoms with Crippen molar-refractivity contribution < 1.29 is 8.94 Å². The molecule has 0 bridgehead atoms. The second kappa shape index (κ2) is 5.44. The van der Waals surface area contributed by atoms with Gasteiger partial charge in [-0.1, -0.05) is 24.2 Å². The Kier molecular flexibility index (Phi) is 3.48. The maximum absolute atomic E-state index is 5.70. The van der Waals surface area contributed by atoms with Crippen molar-refractivity contribution in [1.29, 1.82) is 0 Å². The van der Waals surface area contributed by atoms with E-state index in [2.05, 4.69) is 17.1 Å². The van der Waals surface area contributed by atoms with Crippen LogP contribution in [0.2, 0.25) is 0 Å². The molecule has 0 radical (unpaired) electrons. The number of aromatic nitrogens is 2. The SMILES string of the molecule is Cc1ccoc1-c1noc(CC(C)c2ccc(N)cc2)n1. The van der Waals surface area contributed by atoms with Crippen LogP contribution in [-0.2, 0) is 6.42 Å². The lowest BCUT2D eigenvalue weighted by atomic mass is 9.98.